The largest absolute Gasteiger partial charge is 0.573 e. The van der Waals surface area contributed by atoms with Gasteiger partial charge >= 0.3 is 6.36 Å². The van der Waals surface area contributed by atoms with Crippen LogP contribution in [0.4, 0.5) is 22.0 Å². The molecule has 35 heavy (non-hydrogen) atoms. The van der Waals surface area contributed by atoms with Crippen molar-refractivity contribution in [2.45, 2.75) is 38.8 Å². The van der Waals surface area contributed by atoms with Crippen molar-refractivity contribution < 1.29 is 31.5 Å². The number of hydrogen-bond acceptors (Lipinski definition) is 5. The van der Waals surface area contributed by atoms with Gasteiger partial charge in [0.25, 0.3) is 5.91 Å². The molecule has 1 unspecified atom stereocenters. The highest BCUT2D eigenvalue weighted by atomic mass is 19.4. The van der Waals surface area contributed by atoms with Crippen molar-refractivity contribution in [1.82, 2.24) is 25.0 Å². The van der Waals surface area contributed by atoms with Crippen LogP contribution >= 0.6 is 0 Å². The summed E-state index contributed by atoms with van der Waals surface area (Å²) in [6, 6.07) is 7.77. The Bertz CT molecular complexity index is 1200. The van der Waals surface area contributed by atoms with E-state index in [0.29, 0.717) is 38.4 Å². The van der Waals surface area contributed by atoms with Crippen LogP contribution in [0.15, 0.2) is 42.5 Å². The van der Waals surface area contributed by atoms with Gasteiger partial charge in [0.1, 0.15) is 23.2 Å². The zero-order chi connectivity index (χ0) is 25.2. The van der Waals surface area contributed by atoms with E-state index in [-0.39, 0.29) is 5.75 Å². The summed E-state index contributed by atoms with van der Waals surface area (Å²) in [6.07, 6.45) is -4.16. The predicted molar refractivity (Wildman–Crippen MR) is 114 cm³/mol. The van der Waals surface area contributed by atoms with E-state index in [4.69, 9.17) is 0 Å². The van der Waals surface area contributed by atoms with Gasteiger partial charge in [0.05, 0.1) is 11.6 Å². The fourth-order valence-corrected chi connectivity index (χ4v) is 3.93. The summed E-state index contributed by atoms with van der Waals surface area (Å²) in [5.41, 5.74) is 0.431. The van der Waals surface area contributed by atoms with Gasteiger partial charge in [-0.15, -0.1) is 23.4 Å². The minimum atomic E-state index is -4.74. The molecule has 0 spiro atoms. The quantitative estimate of drug-likeness (QED) is 0.524. The second-order valence-electron chi connectivity index (χ2n) is 8.16. The molecule has 1 aliphatic heterocycles. The molecule has 186 valence electrons. The fraction of sp³-hybridized carbons (Fsp3) is 0.348. The zero-order valence-corrected chi connectivity index (χ0v) is 18.6. The summed E-state index contributed by atoms with van der Waals surface area (Å²) < 4.78 is 70.2. The summed E-state index contributed by atoms with van der Waals surface area (Å²) in [5.74, 6) is -1.38. The van der Waals surface area contributed by atoms with Gasteiger partial charge in [-0.3, -0.25) is 9.69 Å². The molecule has 1 aliphatic rings. The van der Waals surface area contributed by atoms with Crippen LogP contribution in [0.25, 0.3) is 0 Å². The number of nitrogens with zero attached hydrogens (tertiary/aromatic N) is 4. The highest BCUT2D eigenvalue weighted by Gasteiger charge is 2.31. The van der Waals surface area contributed by atoms with Gasteiger partial charge in [0.2, 0.25) is 0 Å². The van der Waals surface area contributed by atoms with E-state index < -0.39 is 35.5 Å². The molecule has 0 bridgehead atoms. The molecule has 0 saturated heterocycles. The summed E-state index contributed by atoms with van der Waals surface area (Å²) in [7, 11) is 0. The molecular weight excluding hydrogens is 473 g/mol. The van der Waals surface area contributed by atoms with Crippen LogP contribution in [0.5, 0.6) is 5.75 Å². The summed E-state index contributed by atoms with van der Waals surface area (Å²) in [6.45, 7) is 3.97. The van der Waals surface area contributed by atoms with Crippen molar-refractivity contribution in [3.05, 3.63) is 76.9 Å². The monoisotopic (exact) mass is 495 g/mol. The Hall–Kier alpha value is -3.54. The molecule has 0 saturated carbocycles. The van der Waals surface area contributed by atoms with Crippen LogP contribution in [0, 0.1) is 11.6 Å². The number of carbonyl (C=O) groups excluding carboxylic acids is 1. The van der Waals surface area contributed by atoms with Gasteiger partial charge in [-0.1, -0.05) is 12.1 Å². The lowest BCUT2D eigenvalue weighted by Crippen LogP contribution is -2.30. The van der Waals surface area contributed by atoms with Crippen molar-refractivity contribution in [3.63, 3.8) is 0 Å². The van der Waals surface area contributed by atoms with Crippen LogP contribution in [0.2, 0.25) is 0 Å². The van der Waals surface area contributed by atoms with E-state index in [0.717, 1.165) is 29.6 Å². The van der Waals surface area contributed by atoms with Gasteiger partial charge in [-0.25, -0.2) is 8.78 Å². The molecule has 3 aromatic rings. The van der Waals surface area contributed by atoms with E-state index >= 15 is 0 Å². The lowest BCUT2D eigenvalue weighted by molar-refractivity contribution is -0.274. The smallest absolute Gasteiger partial charge is 0.406 e. The number of carbonyl (C=O) groups is 1. The van der Waals surface area contributed by atoms with Crippen molar-refractivity contribution in [3.8, 4) is 5.75 Å². The second kappa shape index (κ2) is 9.98. The average molecular weight is 495 g/mol. The van der Waals surface area contributed by atoms with Gasteiger partial charge in [0, 0.05) is 32.6 Å². The van der Waals surface area contributed by atoms with E-state index in [1.54, 1.807) is 19.1 Å². The maximum atomic E-state index is 13.9. The number of fused-ring (bicyclic) bond motifs is 1. The zero-order valence-electron chi connectivity index (χ0n) is 18.6. The molecule has 1 N–H and O–H groups in total. The first-order valence-electron chi connectivity index (χ1n) is 10.8. The van der Waals surface area contributed by atoms with Crippen LogP contribution in [0.3, 0.4) is 0 Å². The topological polar surface area (TPSA) is 72.3 Å². The van der Waals surface area contributed by atoms with Gasteiger partial charge in [-0.2, -0.15) is 0 Å². The first-order chi connectivity index (χ1) is 16.6. The third-order valence-electron chi connectivity index (χ3n) is 5.62. The van der Waals surface area contributed by atoms with E-state index in [2.05, 4.69) is 25.2 Å². The Kier molecular flexibility index (Phi) is 7.01. The molecule has 2 heterocycles. The predicted octanol–water partition coefficient (Wildman–Crippen LogP) is 4.00. The van der Waals surface area contributed by atoms with E-state index in [9.17, 15) is 26.7 Å². The SMILES string of the molecule is CC(NC(=O)c1cc(F)ccc1F)c1nnc2n1CCN(Cc1ccc(OC(F)(F)F)cc1)CC2. The Balaban J connectivity index is 1.38. The molecule has 1 atom stereocenters. The summed E-state index contributed by atoms with van der Waals surface area (Å²) in [5, 5.41) is 11.0. The molecule has 12 heteroatoms. The molecule has 0 radical (unpaired) electrons. The lowest BCUT2D eigenvalue weighted by Gasteiger charge is -2.20. The molecule has 7 nitrogen and oxygen atoms in total. The average Bonchev–Trinajstić information content (AvgIpc) is 3.10. The van der Waals surface area contributed by atoms with Crippen LogP contribution in [0.1, 0.15) is 40.5 Å². The van der Waals surface area contributed by atoms with E-state index in [1.165, 1.54) is 12.1 Å². The standard InChI is InChI=1S/C23H22F5N5O2/c1-14(29-22(34)18-12-16(24)4-7-19(18)25)21-31-30-20-8-9-32(10-11-33(20)21)13-15-2-5-17(6-3-15)35-23(26,27)28/h2-7,12,14H,8-11,13H2,1H3,(H,29,34). The number of benzene rings is 2. The first-order valence-corrected chi connectivity index (χ1v) is 10.8. The Labute approximate surface area is 197 Å². The fourth-order valence-electron chi connectivity index (χ4n) is 3.93. The molecule has 4 rings (SSSR count). The maximum absolute atomic E-state index is 13.9. The maximum Gasteiger partial charge on any atom is 0.573 e. The molecular formula is C23H22F5N5O2. The lowest BCUT2D eigenvalue weighted by atomic mass is 10.1. The normalized spacial score (nSPS) is 15.3. The number of hydrogen-bond donors (Lipinski definition) is 1. The number of halogens is 5. The third kappa shape index (κ3) is 6.13. The van der Waals surface area contributed by atoms with E-state index in [1.807, 2.05) is 4.57 Å². The molecule has 1 amide bonds. The Morgan fingerprint density at radius 2 is 1.83 bits per heavy atom. The van der Waals surface area contributed by atoms with Crippen molar-refractivity contribution in [1.29, 1.82) is 0 Å². The van der Waals surface area contributed by atoms with Crippen molar-refractivity contribution in [2.24, 2.45) is 0 Å². The van der Waals surface area contributed by atoms with Crippen molar-refractivity contribution >= 4 is 5.91 Å². The number of aromatic nitrogens is 3. The number of rotatable bonds is 6. The molecule has 0 fully saturated rings. The minimum absolute atomic E-state index is 0.276. The molecule has 2 aromatic carbocycles. The van der Waals surface area contributed by atoms with Gasteiger partial charge in [-0.05, 0) is 42.8 Å². The Morgan fingerprint density at radius 1 is 1.09 bits per heavy atom. The molecule has 0 aliphatic carbocycles. The first kappa shape index (κ1) is 24.6. The number of amides is 1. The van der Waals surface area contributed by atoms with Crippen LogP contribution in [-0.4, -0.2) is 45.0 Å². The van der Waals surface area contributed by atoms with Gasteiger partial charge in [0.15, 0.2) is 5.82 Å². The minimum Gasteiger partial charge on any atom is -0.406 e. The van der Waals surface area contributed by atoms with Crippen LogP contribution < -0.4 is 10.1 Å². The third-order valence-corrected chi connectivity index (χ3v) is 5.62. The molecule has 1 aromatic heterocycles. The van der Waals surface area contributed by atoms with Crippen LogP contribution in [-0.2, 0) is 19.5 Å². The van der Waals surface area contributed by atoms with Gasteiger partial charge < -0.3 is 14.6 Å². The highest BCUT2D eigenvalue weighted by Crippen LogP contribution is 2.24. The number of ether oxygens (including phenoxy) is 1. The summed E-state index contributed by atoms with van der Waals surface area (Å²) in [4.78, 5) is 14.6. The second-order valence-corrected chi connectivity index (χ2v) is 8.16. The van der Waals surface area contributed by atoms with Crippen molar-refractivity contribution in [2.75, 3.05) is 13.1 Å². The highest BCUT2D eigenvalue weighted by molar-refractivity contribution is 5.94. The summed E-state index contributed by atoms with van der Waals surface area (Å²) >= 11 is 0. The number of nitrogens with one attached hydrogen (secondary N) is 1. The number of alkyl halides is 3. The Morgan fingerprint density at radius 3 is 2.54 bits per heavy atom.